The van der Waals surface area contributed by atoms with Crippen LogP contribution in [0.4, 0.5) is 5.69 Å². The zero-order valence-electron chi connectivity index (χ0n) is 10.9. The number of anilines is 1. The number of nitrogens with two attached hydrogens (primary N) is 1. The third-order valence-electron chi connectivity index (χ3n) is 4.33. The second-order valence-corrected chi connectivity index (χ2v) is 5.50. The number of likely N-dealkylation sites (N-methyl/N-ethyl adjacent to an activating group) is 1. The molecule has 2 saturated heterocycles. The van der Waals surface area contributed by atoms with E-state index in [1.165, 1.54) is 6.42 Å². The molecule has 0 aliphatic carbocycles. The van der Waals surface area contributed by atoms with E-state index >= 15 is 0 Å². The number of aryl methyl sites for hydroxylation is 1. The number of nitrogens with zero attached hydrogens (tertiary/aromatic N) is 2. The van der Waals surface area contributed by atoms with E-state index in [1.807, 2.05) is 19.1 Å². The molecular formula is C14H19N3O. The predicted molar refractivity (Wildman–Crippen MR) is 71.9 cm³/mol. The summed E-state index contributed by atoms with van der Waals surface area (Å²) in [4.78, 5) is 16.2. The van der Waals surface area contributed by atoms with Crippen molar-refractivity contribution in [3.63, 3.8) is 0 Å². The number of rotatable bonds is 2. The number of hydrogen-bond donors (Lipinski definition) is 1. The standard InChI is InChI=1S/C14H19N3O/c1-9-3-4-10(6-13(9)14(15)18)17-8-11-5-12(17)7-16(11)2/h3-4,6,11-12H,5,7-8H2,1-2H3,(H2,15,18)/t11-,12-/m1/s1. The molecule has 18 heavy (non-hydrogen) atoms. The Bertz CT molecular complexity index is 498. The molecule has 0 spiro atoms. The molecule has 2 aliphatic rings. The number of primary amides is 1. The zero-order valence-corrected chi connectivity index (χ0v) is 10.9. The van der Waals surface area contributed by atoms with Crippen LogP contribution in [-0.4, -0.2) is 43.0 Å². The molecule has 2 fully saturated rings. The van der Waals surface area contributed by atoms with Gasteiger partial charge in [-0.2, -0.15) is 0 Å². The first kappa shape index (κ1) is 11.5. The number of fused-ring (bicyclic) bond motifs is 2. The molecule has 4 nitrogen and oxygen atoms in total. The molecule has 1 aromatic rings. The van der Waals surface area contributed by atoms with Crippen molar-refractivity contribution in [2.24, 2.45) is 5.73 Å². The molecule has 96 valence electrons. The first-order valence-corrected chi connectivity index (χ1v) is 6.43. The quantitative estimate of drug-likeness (QED) is 0.845. The van der Waals surface area contributed by atoms with E-state index in [2.05, 4.69) is 22.9 Å². The summed E-state index contributed by atoms with van der Waals surface area (Å²) >= 11 is 0. The normalized spacial score (nSPS) is 26.9. The van der Waals surface area contributed by atoms with Crippen molar-refractivity contribution >= 4 is 11.6 Å². The number of hydrogen-bond acceptors (Lipinski definition) is 3. The van der Waals surface area contributed by atoms with Crippen LogP contribution in [0.3, 0.4) is 0 Å². The van der Waals surface area contributed by atoms with Gasteiger partial charge < -0.3 is 10.6 Å². The third-order valence-corrected chi connectivity index (χ3v) is 4.33. The van der Waals surface area contributed by atoms with Gasteiger partial charge >= 0.3 is 0 Å². The van der Waals surface area contributed by atoms with Crippen molar-refractivity contribution in [2.75, 3.05) is 25.0 Å². The van der Waals surface area contributed by atoms with Gasteiger partial charge in [-0.05, 0) is 38.1 Å². The van der Waals surface area contributed by atoms with Gasteiger partial charge in [0.05, 0.1) is 0 Å². The van der Waals surface area contributed by atoms with Crippen molar-refractivity contribution in [3.05, 3.63) is 29.3 Å². The van der Waals surface area contributed by atoms with E-state index in [4.69, 9.17) is 5.73 Å². The van der Waals surface area contributed by atoms with E-state index in [1.54, 1.807) is 0 Å². The summed E-state index contributed by atoms with van der Waals surface area (Å²) in [5, 5.41) is 0. The van der Waals surface area contributed by atoms with Gasteiger partial charge in [-0.25, -0.2) is 0 Å². The maximum atomic E-state index is 11.4. The van der Waals surface area contributed by atoms with Crippen LogP contribution in [0.5, 0.6) is 0 Å². The van der Waals surface area contributed by atoms with Gasteiger partial charge in [-0.15, -0.1) is 0 Å². The second-order valence-electron chi connectivity index (χ2n) is 5.50. The second kappa shape index (κ2) is 3.99. The summed E-state index contributed by atoms with van der Waals surface area (Å²) in [5.74, 6) is -0.337. The molecule has 0 unspecified atom stereocenters. The fourth-order valence-electron chi connectivity index (χ4n) is 3.24. The minimum Gasteiger partial charge on any atom is -0.366 e. The van der Waals surface area contributed by atoms with Gasteiger partial charge in [-0.1, -0.05) is 6.07 Å². The highest BCUT2D eigenvalue weighted by atomic mass is 16.1. The van der Waals surface area contributed by atoms with Gasteiger partial charge in [0, 0.05) is 36.4 Å². The molecule has 0 saturated carbocycles. The summed E-state index contributed by atoms with van der Waals surface area (Å²) in [6, 6.07) is 7.28. The lowest BCUT2D eigenvalue weighted by Gasteiger charge is -2.33. The molecule has 2 bridgehead atoms. The average molecular weight is 245 g/mol. The van der Waals surface area contributed by atoms with E-state index < -0.39 is 0 Å². The molecular weight excluding hydrogens is 226 g/mol. The Morgan fingerprint density at radius 2 is 2.11 bits per heavy atom. The van der Waals surface area contributed by atoms with Crippen LogP contribution in [0, 0.1) is 6.92 Å². The Hall–Kier alpha value is -1.55. The van der Waals surface area contributed by atoms with Crippen LogP contribution < -0.4 is 10.6 Å². The number of carbonyl (C=O) groups excluding carboxylic acids is 1. The monoisotopic (exact) mass is 245 g/mol. The van der Waals surface area contributed by atoms with E-state index in [9.17, 15) is 4.79 Å². The largest absolute Gasteiger partial charge is 0.366 e. The van der Waals surface area contributed by atoms with Crippen molar-refractivity contribution in [1.82, 2.24) is 4.90 Å². The summed E-state index contributed by atoms with van der Waals surface area (Å²) in [7, 11) is 2.19. The van der Waals surface area contributed by atoms with Crippen LogP contribution >= 0.6 is 0 Å². The lowest BCUT2D eigenvalue weighted by Crippen LogP contribution is -2.44. The maximum absolute atomic E-state index is 11.4. The van der Waals surface area contributed by atoms with Gasteiger partial charge in [0.25, 0.3) is 0 Å². The number of piperazine rings is 1. The van der Waals surface area contributed by atoms with Gasteiger partial charge in [0.2, 0.25) is 5.91 Å². The molecule has 0 radical (unpaired) electrons. The van der Waals surface area contributed by atoms with E-state index in [0.717, 1.165) is 24.3 Å². The Morgan fingerprint density at radius 1 is 1.33 bits per heavy atom. The van der Waals surface area contributed by atoms with Crippen molar-refractivity contribution in [3.8, 4) is 0 Å². The molecule has 2 atom stereocenters. The molecule has 0 aromatic heterocycles. The lowest BCUT2D eigenvalue weighted by molar-refractivity contribution is 0.0999. The maximum Gasteiger partial charge on any atom is 0.249 e. The fraction of sp³-hybridized carbons (Fsp3) is 0.500. The Morgan fingerprint density at radius 3 is 2.67 bits per heavy atom. The molecule has 1 aromatic carbocycles. The zero-order chi connectivity index (χ0) is 12.9. The highest BCUT2D eigenvalue weighted by molar-refractivity contribution is 5.95. The highest BCUT2D eigenvalue weighted by Crippen LogP contribution is 2.34. The minimum absolute atomic E-state index is 0.337. The van der Waals surface area contributed by atoms with Crippen LogP contribution in [-0.2, 0) is 0 Å². The molecule has 1 amide bonds. The number of carbonyl (C=O) groups is 1. The van der Waals surface area contributed by atoms with Gasteiger partial charge in [0.1, 0.15) is 0 Å². The lowest BCUT2D eigenvalue weighted by atomic mass is 10.1. The highest BCUT2D eigenvalue weighted by Gasteiger charge is 2.41. The SMILES string of the molecule is Cc1ccc(N2C[C@H]3C[C@@H]2CN3C)cc1C(N)=O. The van der Waals surface area contributed by atoms with Crippen molar-refractivity contribution in [1.29, 1.82) is 0 Å². The summed E-state index contributed by atoms with van der Waals surface area (Å²) in [5.41, 5.74) is 8.14. The summed E-state index contributed by atoms with van der Waals surface area (Å²) < 4.78 is 0. The Balaban J connectivity index is 1.90. The molecule has 2 aliphatic heterocycles. The number of likely N-dealkylation sites (tertiary alicyclic amines) is 1. The minimum atomic E-state index is -0.337. The Kier molecular flexibility index (Phi) is 2.55. The predicted octanol–water partition coefficient (Wildman–Crippen LogP) is 0.987. The fourth-order valence-corrected chi connectivity index (χ4v) is 3.24. The first-order chi connectivity index (χ1) is 8.56. The van der Waals surface area contributed by atoms with Crippen molar-refractivity contribution in [2.45, 2.75) is 25.4 Å². The molecule has 2 N–H and O–H groups in total. The first-order valence-electron chi connectivity index (χ1n) is 6.43. The third kappa shape index (κ3) is 1.68. The van der Waals surface area contributed by atoms with Crippen LogP contribution in [0.25, 0.3) is 0 Å². The van der Waals surface area contributed by atoms with E-state index in [0.29, 0.717) is 17.6 Å². The Labute approximate surface area is 107 Å². The van der Waals surface area contributed by atoms with Gasteiger partial charge in [0.15, 0.2) is 0 Å². The topological polar surface area (TPSA) is 49.6 Å². The van der Waals surface area contributed by atoms with Crippen LogP contribution in [0.2, 0.25) is 0 Å². The van der Waals surface area contributed by atoms with E-state index in [-0.39, 0.29) is 5.91 Å². The van der Waals surface area contributed by atoms with Crippen LogP contribution in [0.15, 0.2) is 18.2 Å². The van der Waals surface area contributed by atoms with Gasteiger partial charge in [-0.3, -0.25) is 9.69 Å². The molecule has 3 rings (SSSR count). The molecule has 4 heteroatoms. The van der Waals surface area contributed by atoms with Crippen LogP contribution in [0.1, 0.15) is 22.3 Å². The summed E-state index contributed by atoms with van der Waals surface area (Å²) in [6.45, 7) is 4.10. The molecule has 2 heterocycles. The van der Waals surface area contributed by atoms with Crippen molar-refractivity contribution < 1.29 is 4.79 Å². The summed E-state index contributed by atoms with van der Waals surface area (Å²) in [6.07, 6.45) is 1.23. The average Bonchev–Trinajstić information content (AvgIpc) is 2.88. The smallest absolute Gasteiger partial charge is 0.249 e. The number of benzene rings is 1. The number of amides is 1.